The summed E-state index contributed by atoms with van der Waals surface area (Å²) in [6, 6.07) is 8.26. The number of amides is 4. The fourth-order valence-electron chi connectivity index (χ4n) is 4.11. The Bertz CT molecular complexity index is 1190. The van der Waals surface area contributed by atoms with Crippen molar-refractivity contribution < 1.29 is 33.4 Å². The van der Waals surface area contributed by atoms with Crippen LogP contribution in [0.4, 0.5) is 4.79 Å². The number of hydrogen-bond acceptors (Lipinski definition) is 7. The van der Waals surface area contributed by atoms with E-state index in [1.54, 1.807) is 32.2 Å². The minimum Gasteiger partial charge on any atom is -0.497 e. The summed E-state index contributed by atoms with van der Waals surface area (Å²) in [5, 5.41) is 10.7. The Kier molecular flexibility index (Phi) is 12.9. The Morgan fingerprint density at radius 1 is 0.805 bits per heavy atom. The predicted molar refractivity (Wildman–Crippen MR) is 155 cm³/mol. The summed E-state index contributed by atoms with van der Waals surface area (Å²) in [6.45, 7) is 7.72. The Morgan fingerprint density at radius 2 is 1.46 bits per heavy atom. The van der Waals surface area contributed by atoms with Crippen molar-refractivity contribution in [2.75, 3.05) is 21.3 Å². The van der Waals surface area contributed by atoms with Gasteiger partial charge in [0.15, 0.2) is 0 Å². The Hall–Kier alpha value is -4.28. The molecule has 2 unspecified atom stereocenters. The van der Waals surface area contributed by atoms with Gasteiger partial charge in [-0.1, -0.05) is 32.9 Å². The molecule has 0 fully saturated rings. The van der Waals surface area contributed by atoms with Gasteiger partial charge < -0.3 is 35.5 Å². The van der Waals surface area contributed by atoms with Crippen LogP contribution in [0.3, 0.4) is 0 Å². The molecule has 0 spiro atoms. The molecule has 0 aliphatic rings. The second-order valence-corrected chi connectivity index (χ2v) is 10.1. The highest BCUT2D eigenvalue weighted by Crippen LogP contribution is 2.22. The third-order valence-corrected chi connectivity index (χ3v) is 6.34. The first-order valence-corrected chi connectivity index (χ1v) is 13.5. The van der Waals surface area contributed by atoms with Gasteiger partial charge in [0.1, 0.15) is 23.3 Å². The van der Waals surface area contributed by atoms with Crippen LogP contribution < -0.4 is 35.5 Å². The summed E-state index contributed by atoms with van der Waals surface area (Å²) in [5.74, 6) is -0.356. The average Bonchev–Trinajstić information content (AvgIpc) is 2.96. The summed E-state index contributed by atoms with van der Waals surface area (Å²) in [4.78, 5) is 51.4. The maximum Gasteiger partial charge on any atom is 0.315 e. The first kappa shape index (κ1) is 32.9. The first-order valence-electron chi connectivity index (χ1n) is 13.5. The highest BCUT2D eigenvalue weighted by molar-refractivity contribution is 6.38. The van der Waals surface area contributed by atoms with Gasteiger partial charge in [-0.05, 0) is 55.0 Å². The molecule has 0 saturated heterocycles. The van der Waals surface area contributed by atoms with Gasteiger partial charge in [-0.3, -0.25) is 14.4 Å². The maximum atomic E-state index is 13.2. The summed E-state index contributed by atoms with van der Waals surface area (Å²) in [6.07, 6.45) is 0.528. The fraction of sp³-hybridized carbons (Fsp3) is 0.467. The van der Waals surface area contributed by atoms with Crippen LogP contribution in [0.5, 0.6) is 17.2 Å². The van der Waals surface area contributed by atoms with Gasteiger partial charge in [0.2, 0.25) is 11.7 Å². The van der Waals surface area contributed by atoms with Crippen LogP contribution in [0.25, 0.3) is 0 Å². The van der Waals surface area contributed by atoms with E-state index in [1.807, 2.05) is 39.0 Å². The molecule has 11 heteroatoms. The van der Waals surface area contributed by atoms with E-state index in [9.17, 15) is 19.2 Å². The van der Waals surface area contributed by atoms with E-state index < -0.39 is 35.7 Å². The van der Waals surface area contributed by atoms with E-state index in [4.69, 9.17) is 14.2 Å². The third kappa shape index (κ3) is 10.3. The average molecular weight is 571 g/mol. The van der Waals surface area contributed by atoms with Crippen molar-refractivity contribution >= 4 is 23.6 Å². The Morgan fingerprint density at radius 3 is 2.02 bits per heavy atom. The van der Waals surface area contributed by atoms with Crippen LogP contribution in [0.2, 0.25) is 0 Å². The van der Waals surface area contributed by atoms with Crippen LogP contribution in [0.15, 0.2) is 36.4 Å². The van der Waals surface area contributed by atoms with Gasteiger partial charge in [-0.15, -0.1) is 0 Å². The molecular weight excluding hydrogens is 528 g/mol. The first-order chi connectivity index (χ1) is 19.5. The van der Waals surface area contributed by atoms with Crippen LogP contribution in [-0.4, -0.2) is 57.0 Å². The highest BCUT2D eigenvalue weighted by Gasteiger charge is 2.29. The second kappa shape index (κ2) is 16.1. The zero-order chi connectivity index (χ0) is 30.5. The number of aryl methyl sites for hydroxylation is 1. The monoisotopic (exact) mass is 570 g/mol. The van der Waals surface area contributed by atoms with Crippen LogP contribution in [0, 0.1) is 12.8 Å². The van der Waals surface area contributed by atoms with E-state index in [0.717, 1.165) is 11.1 Å². The Balaban J connectivity index is 2.00. The molecule has 2 rings (SSSR count). The molecular formula is C30H42N4O7. The predicted octanol–water partition coefficient (Wildman–Crippen LogP) is 3.02. The number of hydrogen-bond donors (Lipinski definition) is 4. The number of ketones is 1. The standard InChI is InChI=1S/C30H42N4O7/c1-8-24(27(35)29(37)31-16-20-13-22(39-5)15-23(14-20)40-6)33-28(36)25(11-18(2)3)34-30(38)32-17-21-10-9-19(4)12-26(21)41-7/h9-10,12-15,18,24-25H,8,11,16-17H2,1-7H3,(H,31,37)(H,33,36)(H2,32,34,38). The summed E-state index contributed by atoms with van der Waals surface area (Å²) < 4.78 is 15.8. The lowest BCUT2D eigenvalue weighted by atomic mass is 10.0. The van der Waals surface area contributed by atoms with Crippen molar-refractivity contribution in [1.82, 2.24) is 21.3 Å². The van der Waals surface area contributed by atoms with Crippen LogP contribution in [0.1, 0.15) is 50.3 Å². The zero-order valence-electron chi connectivity index (χ0n) is 24.9. The molecule has 0 aliphatic carbocycles. The van der Waals surface area contributed by atoms with E-state index in [2.05, 4.69) is 21.3 Å². The number of carbonyl (C=O) groups excluding carboxylic acids is 4. The highest BCUT2D eigenvalue weighted by atomic mass is 16.5. The molecule has 4 N–H and O–H groups in total. The second-order valence-electron chi connectivity index (χ2n) is 10.1. The molecule has 0 aromatic heterocycles. The number of Topliss-reactive ketones (excluding diaryl/α,β-unsaturated/α-hetero) is 1. The summed E-state index contributed by atoms with van der Waals surface area (Å²) >= 11 is 0. The largest absolute Gasteiger partial charge is 0.497 e. The quantitative estimate of drug-likeness (QED) is 0.241. The minimum atomic E-state index is -1.06. The Labute approximate surface area is 241 Å². The number of benzene rings is 2. The molecule has 2 aromatic rings. The molecule has 224 valence electrons. The maximum absolute atomic E-state index is 13.2. The molecule has 2 aromatic carbocycles. The number of ether oxygens (including phenoxy) is 3. The van der Waals surface area contributed by atoms with Gasteiger partial charge in [0.05, 0.1) is 27.4 Å². The molecule has 0 heterocycles. The van der Waals surface area contributed by atoms with Crippen molar-refractivity contribution in [2.24, 2.45) is 5.92 Å². The number of methoxy groups -OCH3 is 3. The van der Waals surface area contributed by atoms with Gasteiger partial charge >= 0.3 is 6.03 Å². The fourth-order valence-corrected chi connectivity index (χ4v) is 4.11. The number of rotatable bonds is 15. The lowest BCUT2D eigenvalue weighted by Gasteiger charge is -2.23. The van der Waals surface area contributed by atoms with E-state index >= 15 is 0 Å². The molecule has 0 aliphatic heterocycles. The summed E-state index contributed by atoms with van der Waals surface area (Å²) in [5.41, 5.74) is 2.49. The van der Waals surface area contributed by atoms with Gasteiger partial charge in [0, 0.05) is 24.7 Å². The van der Waals surface area contributed by atoms with Crippen molar-refractivity contribution in [1.29, 1.82) is 0 Å². The van der Waals surface area contributed by atoms with Crippen molar-refractivity contribution in [2.45, 2.75) is 65.7 Å². The van der Waals surface area contributed by atoms with Crippen LogP contribution in [-0.2, 0) is 27.5 Å². The van der Waals surface area contributed by atoms with Gasteiger partial charge in [0.25, 0.3) is 5.91 Å². The summed E-state index contributed by atoms with van der Waals surface area (Å²) in [7, 11) is 4.59. The molecule has 0 bridgehead atoms. The minimum absolute atomic E-state index is 0.0615. The molecule has 11 nitrogen and oxygen atoms in total. The number of urea groups is 1. The topological polar surface area (TPSA) is 144 Å². The normalized spacial score (nSPS) is 12.1. The van der Waals surface area contributed by atoms with E-state index in [0.29, 0.717) is 29.2 Å². The lowest BCUT2D eigenvalue weighted by molar-refractivity contribution is -0.140. The van der Waals surface area contributed by atoms with Gasteiger partial charge in [-0.2, -0.15) is 0 Å². The van der Waals surface area contributed by atoms with Gasteiger partial charge in [-0.25, -0.2) is 4.79 Å². The molecule has 0 saturated carbocycles. The van der Waals surface area contributed by atoms with Crippen LogP contribution >= 0.6 is 0 Å². The number of carbonyl (C=O) groups is 4. The smallest absolute Gasteiger partial charge is 0.315 e. The third-order valence-electron chi connectivity index (χ3n) is 6.34. The van der Waals surface area contributed by atoms with Crippen molar-refractivity contribution in [3.05, 3.63) is 53.1 Å². The van der Waals surface area contributed by atoms with E-state index in [-0.39, 0.29) is 25.4 Å². The molecule has 41 heavy (non-hydrogen) atoms. The molecule has 2 atom stereocenters. The van der Waals surface area contributed by atoms with Crippen molar-refractivity contribution in [3.8, 4) is 17.2 Å². The lowest BCUT2D eigenvalue weighted by Crippen LogP contribution is -2.55. The zero-order valence-corrected chi connectivity index (χ0v) is 24.9. The van der Waals surface area contributed by atoms with Crippen molar-refractivity contribution in [3.63, 3.8) is 0 Å². The number of nitrogens with one attached hydrogen (secondary N) is 4. The molecule has 4 amide bonds. The molecule has 0 radical (unpaired) electrons. The van der Waals surface area contributed by atoms with E-state index in [1.165, 1.54) is 14.2 Å². The SMILES string of the molecule is CCC(NC(=O)C(CC(C)C)NC(=O)NCc1ccc(C)cc1OC)C(=O)C(=O)NCc1cc(OC)cc(OC)c1.